The Morgan fingerprint density at radius 2 is 1.53 bits per heavy atom. The van der Waals surface area contributed by atoms with Crippen molar-refractivity contribution >= 4 is 44.5 Å². The lowest BCUT2D eigenvalue weighted by Crippen LogP contribution is -3.00. The van der Waals surface area contributed by atoms with Crippen molar-refractivity contribution in [2.45, 2.75) is 70.6 Å². The zero-order valence-corrected chi connectivity index (χ0v) is 31.3. The first-order valence-corrected chi connectivity index (χ1v) is 17.9. The van der Waals surface area contributed by atoms with Crippen molar-refractivity contribution in [1.29, 1.82) is 0 Å². The standard InChI is InChI=1S/C43H48N6O.ClH/c1-42(2)37(48(5)35-26-24-31-17-11-13-19-33(31)40(35)42)21-8-6-9-22-38-43(3,4)41-34-20-14-12-18-32(34)25-27-36(41)49(38)30-15-7-10-23-39(50)45-28-16-29-46-47-44;/h6,8-9,11-14,17-22,24-27H,7,10,15-16,23,28-30H2,1-5H3;1H. The second kappa shape index (κ2) is 16.0. The number of azide groups is 1. The number of hydrogen-bond acceptors (Lipinski definition) is 3. The van der Waals surface area contributed by atoms with E-state index >= 15 is 0 Å². The number of amides is 1. The Bertz CT molecular complexity index is 2100. The fourth-order valence-electron chi connectivity index (χ4n) is 8.07. The Labute approximate surface area is 308 Å². The minimum atomic E-state index is -0.176. The van der Waals surface area contributed by atoms with Gasteiger partial charge in [-0.05, 0) is 84.0 Å². The molecular formula is C43H49ClN6O. The molecule has 7 nitrogen and oxygen atoms in total. The van der Waals surface area contributed by atoms with Crippen molar-refractivity contribution in [3.05, 3.63) is 130 Å². The maximum atomic E-state index is 12.3. The van der Waals surface area contributed by atoms with Crippen LogP contribution in [0.25, 0.3) is 32.0 Å². The van der Waals surface area contributed by atoms with Gasteiger partial charge in [0.2, 0.25) is 11.6 Å². The number of rotatable bonds is 13. The largest absolute Gasteiger partial charge is 1.00 e. The average molecular weight is 701 g/mol. The van der Waals surface area contributed by atoms with E-state index in [1.54, 1.807) is 0 Å². The molecule has 2 aliphatic rings. The summed E-state index contributed by atoms with van der Waals surface area (Å²) in [5.41, 5.74) is 16.0. The number of nitrogens with one attached hydrogen (secondary N) is 1. The number of carbonyl (C=O) groups excluding carboxylic acids is 1. The summed E-state index contributed by atoms with van der Waals surface area (Å²) in [6.45, 7) is 11.2. The van der Waals surface area contributed by atoms with E-state index in [0.717, 1.165) is 25.8 Å². The molecule has 0 aromatic heterocycles. The summed E-state index contributed by atoms with van der Waals surface area (Å²) in [6.07, 6.45) is 15.1. The number of carbonyl (C=O) groups is 1. The molecule has 1 amide bonds. The predicted octanol–water partition coefficient (Wildman–Crippen LogP) is 7.17. The predicted molar refractivity (Wildman–Crippen MR) is 209 cm³/mol. The fraction of sp³-hybridized carbons (Fsp3) is 0.349. The maximum Gasteiger partial charge on any atom is 0.219 e. The molecule has 264 valence electrons. The summed E-state index contributed by atoms with van der Waals surface area (Å²) < 4.78 is 2.34. The van der Waals surface area contributed by atoms with Crippen LogP contribution in [0.15, 0.2) is 114 Å². The molecule has 0 fully saturated rings. The number of benzene rings is 4. The maximum absolute atomic E-state index is 12.3. The van der Waals surface area contributed by atoms with E-state index in [0.29, 0.717) is 25.9 Å². The lowest BCUT2D eigenvalue weighted by atomic mass is 9.79. The molecule has 0 bridgehead atoms. The van der Waals surface area contributed by atoms with Crippen LogP contribution in [0.5, 0.6) is 0 Å². The van der Waals surface area contributed by atoms with Crippen molar-refractivity contribution in [1.82, 2.24) is 5.32 Å². The molecular weight excluding hydrogens is 652 g/mol. The summed E-state index contributed by atoms with van der Waals surface area (Å²) >= 11 is 0. The van der Waals surface area contributed by atoms with Crippen LogP contribution in [-0.2, 0) is 15.6 Å². The summed E-state index contributed by atoms with van der Waals surface area (Å²) in [6, 6.07) is 26.4. The average Bonchev–Trinajstić information content (AvgIpc) is 3.45. The van der Waals surface area contributed by atoms with E-state index < -0.39 is 0 Å². The van der Waals surface area contributed by atoms with Gasteiger partial charge in [0, 0.05) is 65.5 Å². The number of allylic oxidation sites excluding steroid dienone is 6. The minimum Gasteiger partial charge on any atom is -1.00 e. The molecule has 0 saturated heterocycles. The zero-order valence-electron chi connectivity index (χ0n) is 30.5. The molecule has 2 heterocycles. The van der Waals surface area contributed by atoms with Gasteiger partial charge in [0.25, 0.3) is 0 Å². The number of fused-ring (bicyclic) bond motifs is 6. The minimum absolute atomic E-state index is 0. The van der Waals surface area contributed by atoms with E-state index in [1.165, 1.54) is 55.5 Å². The number of hydrogen-bond donors (Lipinski definition) is 1. The topological polar surface area (TPSA) is 84.1 Å². The number of anilines is 1. The number of unbranched alkanes of at least 4 members (excludes halogenated alkanes) is 2. The van der Waals surface area contributed by atoms with Crippen LogP contribution in [0.4, 0.5) is 11.4 Å². The molecule has 0 spiro atoms. The third kappa shape index (κ3) is 7.46. The van der Waals surface area contributed by atoms with Crippen LogP contribution in [0.1, 0.15) is 70.9 Å². The third-order valence-corrected chi connectivity index (χ3v) is 10.5. The Morgan fingerprint density at radius 3 is 2.25 bits per heavy atom. The zero-order chi connectivity index (χ0) is 35.3. The first-order valence-electron chi connectivity index (χ1n) is 17.9. The van der Waals surface area contributed by atoms with Gasteiger partial charge >= 0.3 is 0 Å². The van der Waals surface area contributed by atoms with Crippen LogP contribution in [-0.4, -0.2) is 42.9 Å². The molecule has 0 aliphatic carbocycles. The van der Waals surface area contributed by atoms with Crippen molar-refractivity contribution < 1.29 is 21.8 Å². The van der Waals surface area contributed by atoms with Gasteiger partial charge in [-0.25, -0.2) is 0 Å². The molecule has 1 N–H and O–H groups in total. The van der Waals surface area contributed by atoms with Gasteiger partial charge in [-0.1, -0.05) is 98.2 Å². The molecule has 0 radical (unpaired) electrons. The monoisotopic (exact) mass is 700 g/mol. The first-order chi connectivity index (χ1) is 24.2. The molecule has 2 aliphatic heterocycles. The Balaban J connectivity index is 0.00000504. The highest BCUT2D eigenvalue weighted by atomic mass is 35.5. The van der Waals surface area contributed by atoms with E-state index in [-0.39, 0.29) is 29.1 Å². The molecule has 0 unspecified atom stereocenters. The van der Waals surface area contributed by atoms with E-state index in [2.05, 4.69) is 163 Å². The van der Waals surface area contributed by atoms with Gasteiger partial charge < -0.3 is 22.6 Å². The summed E-state index contributed by atoms with van der Waals surface area (Å²) in [7, 11) is 2.18. The Kier molecular flexibility index (Phi) is 11.7. The molecule has 51 heavy (non-hydrogen) atoms. The van der Waals surface area contributed by atoms with Crippen molar-refractivity contribution in [3.8, 4) is 0 Å². The van der Waals surface area contributed by atoms with E-state index in [9.17, 15) is 4.79 Å². The Hall–Kier alpha value is -4.84. The highest BCUT2D eigenvalue weighted by molar-refractivity contribution is 6.07. The van der Waals surface area contributed by atoms with Crippen LogP contribution in [0, 0.1) is 0 Å². The van der Waals surface area contributed by atoms with Crippen LogP contribution in [0.2, 0.25) is 0 Å². The normalized spacial score (nSPS) is 16.6. The van der Waals surface area contributed by atoms with E-state index in [4.69, 9.17) is 5.53 Å². The lowest BCUT2D eigenvalue weighted by molar-refractivity contribution is -0.401. The molecule has 0 saturated carbocycles. The van der Waals surface area contributed by atoms with Gasteiger partial charge in [0.1, 0.15) is 7.05 Å². The number of nitrogens with zero attached hydrogens (tertiary/aromatic N) is 5. The SMILES string of the molecule is C[N+]1=C(C=CC=CC=C2N(CCCCCC(=O)NCCCN=[N+]=[N-])c3ccc4ccccc4c3C2(C)C)C(C)(C)c2c1ccc1ccccc21.[Cl-]. The van der Waals surface area contributed by atoms with E-state index in [1.807, 2.05) is 0 Å². The lowest BCUT2D eigenvalue weighted by Gasteiger charge is -2.27. The highest BCUT2D eigenvalue weighted by Gasteiger charge is 2.44. The first kappa shape index (κ1) is 37.4. The Morgan fingerprint density at radius 1 is 0.843 bits per heavy atom. The summed E-state index contributed by atoms with van der Waals surface area (Å²) in [5.74, 6) is 0.0615. The molecule has 6 rings (SSSR count). The van der Waals surface area contributed by atoms with Gasteiger partial charge in [-0.3, -0.25) is 4.79 Å². The van der Waals surface area contributed by atoms with Gasteiger partial charge in [0.05, 0.1) is 5.41 Å². The number of halogens is 1. The quantitative estimate of drug-likeness (QED) is 0.0401. The highest BCUT2D eigenvalue weighted by Crippen LogP contribution is 2.51. The molecule has 4 aromatic rings. The van der Waals surface area contributed by atoms with Crippen molar-refractivity contribution in [3.63, 3.8) is 0 Å². The van der Waals surface area contributed by atoms with Gasteiger partial charge in [-0.15, -0.1) is 0 Å². The fourth-order valence-corrected chi connectivity index (χ4v) is 8.07. The van der Waals surface area contributed by atoms with Crippen molar-refractivity contribution in [2.24, 2.45) is 5.11 Å². The van der Waals surface area contributed by atoms with Crippen LogP contribution >= 0.6 is 0 Å². The second-order valence-corrected chi connectivity index (χ2v) is 14.5. The molecule has 4 aromatic carbocycles. The second-order valence-electron chi connectivity index (χ2n) is 14.5. The van der Waals surface area contributed by atoms with Gasteiger partial charge in [-0.2, -0.15) is 4.58 Å². The third-order valence-electron chi connectivity index (χ3n) is 10.5. The van der Waals surface area contributed by atoms with Gasteiger partial charge in [0.15, 0.2) is 5.71 Å². The molecule has 0 atom stereocenters. The van der Waals surface area contributed by atoms with Crippen molar-refractivity contribution in [2.75, 3.05) is 31.6 Å². The smallest absolute Gasteiger partial charge is 0.219 e. The summed E-state index contributed by atoms with van der Waals surface area (Å²) in [4.78, 5) is 17.5. The van der Waals surface area contributed by atoms with Crippen LogP contribution in [0.3, 0.4) is 0 Å². The summed E-state index contributed by atoms with van der Waals surface area (Å²) in [5, 5.41) is 11.6. The van der Waals surface area contributed by atoms with Crippen LogP contribution < -0.4 is 22.6 Å². The molecule has 8 heteroatoms.